The third kappa shape index (κ3) is 3.68. The predicted octanol–water partition coefficient (Wildman–Crippen LogP) is 4.36. The number of halogens is 1. The van der Waals surface area contributed by atoms with Gasteiger partial charge >= 0.3 is 0 Å². The number of benzene rings is 1. The van der Waals surface area contributed by atoms with Crippen molar-refractivity contribution in [2.75, 3.05) is 5.32 Å². The molecule has 0 unspecified atom stereocenters. The summed E-state index contributed by atoms with van der Waals surface area (Å²) >= 11 is 0. The van der Waals surface area contributed by atoms with E-state index < -0.39 is 10.7 Å². The molecule has 0 saturated heterocycles. The highest BCUT2D eigenvalue weighted by Crippen LogP contribution is 2.32. The molecule has 1 aromatic carbocycles. The van der Waals surface area contributed by atoms with Crippen LogP contribution >= 0.6 is 0 Å². The van der Waals surface area contributed by atoms with Gasteiger partial charge in [0, 0.05) is 17.8 Å². The second kappa shape index (κ2) is 6.20. The lowest BCUT2D eigenvalue weighted by Gasteiger charge is -2.31. The first-order valence-corrected chi connectivity index (χ1v) is 7.17. The van der Waals surface area contributed by atoms with Crippen molar-refractivity contribution >= 4 is 11.4 Å². The van der Waals surface area contributed by atoms with E-state index in [2.05, 4.69) is 19.2 Å². The van der Waals surface area contributed by atoms with Crippen LogP contribution in [0.5, 0.6) is 0 Å². The molecule has 1 fully saturated rings. The summed E-state index contributed by atoms with van der Waals surface area (Å²) in [5, 5.41) is 14.0. The Labute approximate surface area is 118 Å². The van der Waals surface area contributed by atoms with Crippen LogP contribution in [-0.4, -0.2) is 11.0 Å². The summed E-state index contributed by atoms with van der Waals surface area (Å²) in [5.41, 5.74) is 0.299. The van der Waals surface area contributed by atoms with Crippen molar-refractivity contribution in [2.45, 2.75) is 45.6 Å². The molecule has 0 atom stereocenters. The van der Waals surface area contributed by atoms with E-state index in [0.29, 0.717) is 11.6 Å². The fraction of sp³-hybridized carbons (Fsp3) is 0.600. The van der Waals surface area contributed by atoms with Gasteiger partial charge in [-0.15, -0.1) is 0 Å². The maximum Gasteiger partial charge on any atom is 0.274 e. The molecular weight excluding hydrogens is 259 g/mol. The van der Waals surface area contributed by atoms with Gasteiger partial charge in [0.25, 0.3) is 5.69 Å². The molecule has 0 amide bonds. The monoisotopic (exact) mass is 280 g/mol. The smallest absolute Gasteiger partial charge is 0.274 e. The van der Waals surface area contributed by atoms with Crippen LogP contribution in [0.4, 0.5) is 15.8 Å². The van der Waals surface area contributed by atoms with Crippen LogP contribution in [0, 0.1) is 27.8 Å². The van der Waals surface area contributed by atoms with Gasteiger partial charge in [0.05, 0.1) is 11.0 Å². The zero-order chi connectivity index (χ0) is 14.7. The maximum atomic E-state index is 13.4. The number of non-ortho nitro benzene ring substituents is 1. The summed E-state index contributed by atoms with van der Waals surface area (Å²) in [7, 11) is 0. The van der Waals surface area contributed by atoms with Gasteiger partial charge in [-0.05, 0) is 43.6 Å². The Morgan fingerprint density at radius 2 is 1.90 bits per heavy atom. The predicted molar refractivity (Wildman–Crippen MR) is 77.3 cm³/mol. The van der Waals surface area contributed by atoms with E-state index >= 15 is 0 Å². The third-order valence-electron chi connectivity index (χ3n) is 4.18. The second-order valence-corrected chi connectivity index (χ2v) is 5.96. The van der Waals surface area contributed by atoms with Crippen LogP contribution in [0.3, 0.4) is 0 Å². The van der Waals surface area contributed by atoms with E-state index in [1.54, 1.807) is 0 Å². The molecule has 110 valence electrons. The molecule has 1 aliphatic rings. The number of nitro benzene ring substituents is 1. The standard InChI is InChI=1S/C15H21FN2O2/c1-10(2)11-3-5-13(6-4-11)17-14-7-12(16)8-15(9-14)18(19)20/h7-11,13,17H,3-6H2,1-2H3. The molecule has 0 aliphatic heterocycles. The Kier molecular flexibility index (Phi) is 4.57. The van der Waals surface area contributed by atoms with Crippen molar-refractivity contribution in [3.63, 3.8) is 0 Å². The lowest BCUT2D eigenvalue weighted by Crippen LogP contribution is -2.27. The van der Waals surface area contributed by atoms with Gasteiger partial charge in [-0.1, -0.05) is 13.8 Å². The number of hydrogen-bond donors (Lipinski definition) is 1. The molecule has 0 heterocycles. The highest BCUT2D eigenvalue weighted by molar-refractivity contribution is 5.52. The Bertz CT molecular complexity index is 483. The fourth-order valence-corrected chi connectivity index (χ4v) is 2.93. The lowest BCUT2D eigenvalue weighted by atomic mass is 9.79. The minimum Gasteiger partial charge on any atom is -0.382 e. The third-order valence-corrected chi connectivity index (χ3v) is 4.18. The molecular formula is C15H21FN2O2. The SMILES string of the molecule is CC(C)C1CCC(Nc2cc(F)cc([N+](=O)[O-])c2)CC1. The Balaban J connectivity index is 1.99. The summed E-state index contributed by atoms with van der Waals surface area (Å²) in [6.45, 7) is 4.49. The molecule has 4 nitrogen and oxygen atoms in total. The first-order chi connectivity index (χ1) is 9.45. The highest BCUT2D eigenvalue weighted by atomic mass is 19.1. The van der Waals surface area contributed by atoms with Gasteiger partial charge in [0.15, 0.2) is 0 Å². The van der Waals surface area contributed by atoms with Crippen LogP contribution in [0.25, 0.3) is 0 Å². The highest BCUT2D eigenvalue weighted by Gasteiger charge is 2.23. The van der Waals surface area contributed by atoms with Crippen molar-refractivity contribution < 1.29 is 9.31 Å². The average Bonchev–Trinajstić information content (AvgIpc) is 2.38. The average molecular weight is 280 g/mol. The normalized spacial score (nSPS) is 22.8. The van der Waals surface area contributed by atoms with E-state index in [0.717, 1.165) is 37.7 Å². The van der Waals surface area contributed by atoms with E-state index in [4.69, 9.17) is 0 Å². The van der Waals surface area contributed by atoms with Crippen molar-refractivity contribution in [2.24, 2.45) is 11.8 Å². The largest absolute Gasteiger partial charge is 0.382 e. The lowest BCUT2D eigenvalue weighted by molar-refractivity contribution is -0.385. The number of hydrogen-bond acceptors (Lipinski definition) is 3. The molecule has 0 spiro atoms. The van der Waals surface area contributed by atoms with E-state index in [1.807, 2.05) is 0 Å². The molecule has 5 heteroatoms. The summed E-state index contributed by atoms with van der Waals surface area (Å²) in [5.74, 6) is 0.888. The topological polar surface area (TPSA) is 55.2 Å². The van der Waals surface area contributed by atoms with Crippen LogP contribution in [-0.2, 0) is 0 Å². The summed E-state index contributed by atoms with van der Waals surface area (Å²) in [6, 6.07) is 3.95. The minimum absolute atomic E-state index is 0.205. The Hall–Kier alpha value is -1.65. The van der Waals surface area contributed by atoms with Crippen LogP contribution in [0.2, 0.25) is 0 Å². The van der Waals surface area contributed by atoms with E-state index in [9.17, 15) is 14.5 Å². The van der Waals surface area contributed by atoms with Gasteiger partial charge in [-0.3, -0.25) is 10.1 Å². The number of nitrogens with one attached hydrogen (secondary N) is 1. The van der Waals surface area contributed by atoms with Crippen LogP contribution in [0.1, 0.15) is 39.5 Å². The van der Waals surface area contributed by atoms with Crippen molar-refractivity contribution in [1.29, 1.82) is 0 Å². The number of nitro groups is 1. The van der Waals surface area contributed by atoms with Gasteiger partial charge in [-0.2, -0.15) is 0 Å². The first-order valence-electron chi connectivity index (χ1n) is 7.17. The van der Waals surface area contributed by atoms with Gasteiger partial charge < -0.3 is 5.32 Å². The zero-order valence-corrected chi connectivity index (χ0v) is 11.9. The van der Waals surface area contributed by atoms with E-state index in [1.165, 1.54) is 12.1 Å². The maximum absolute atomic E-state index is 13.4. The zero-order valence-electron chi connectivity index (χ0n) is 11.9. The number of nitrogens with zero attached hydrogens (tertiary/aromatic N) is 1. The van der Waals surface area contributed by atoms with Crippen molar-refractivity contribution in [3.8, 4) is 0 Å². The van der Waals surface area contributed by atoms with Crippen molar-refractivity contribution in [1.82, 2.24) is 0 Å². The summed E-state index contributed by atoms with van der Waals surface area (Å²) in [6.07, 6.45) is 4.39. The van der Waals surface area contributed by atoms with Crippen LogP contribution in [0.15, 0.2) is 18.2 Å². The molecule has 1 N–H and O–H groups in total. The quantitative estimate of drug-likeness (QED) is 0.658. The minimum atomic E-state index is -0.572. The van der Waals surface area contributed by atoms with Crippen LogP contribution < -0.4 is 5.32 Å². The molecule has 1 aliphatic carbocycles. The fourth-order valence-electron chi connectivity index (χ4n) is 2.93. The number of anilines is 1. The van der Waals surface area contributed by atoms with Gasteiger partial charge in [0.1, 0.15) is 5.82 Å². The number of rotatable bonds is 4. The van der Waals surface area contributed by atoms with Crippen molar-refractivity contribution in [3.05, 3.63) is 34.1 Å². The summed E-state index contributed by atoms with van der Waals surface area (Å²) in [4.78, 5) is 10.2. The summed E-state index contributed by atoms with van der Waals surface area (Å²) < 4.78 is 13.4. The molecule has 2 rings (SSSR count). The van der Waals surface area contributed by atoms with Gasteiger partial charge in [-0.25, -0.2) is 4.39 Å². The molecule has 0 radical (unpaired) electrons. The second-order valence-electron chi connectivity index (χ2n) is 5.96. The molecule has 1 saturated carbocycles. The first kappa shape index (κ1) is 14.8. The Morgan fingerprint density at radius 1 is 1.25 bits per heavy atom. The molecule has 0 bridgehead atoms. The Morgan fingerprint density at radius 3 is 2.45 bits per heavy atom. The molecule has 0 aromatic heterocycles. The van der Waals surface area contributed by atoms with Gasteiger partial charge in [0.2, 0.25) is 0 Å². The molecule has 1 aromatic rings. The van der Waals surface area contributed by atoms with E-state index in [-0.39, 0.29) is 11.7 Å². The molecule has 20 heavy (non-hydrogen) atoms.